The molecule has 0 atom stereocenters. The predicted molar refractivity (Wildman–Crippen MR) is 137 cm³/mol. The van der Waals surface area contributed by atoms with Gasteiger partial charge in [0, 0.05) is 39.8 Å². The lowest BCUT2D eigenvalue weighted by atomic mass is 10.1. The molecule has 1 aliphatic rings. The lowest BCUT2D eigenvalue weighted by Gasteiger charge is -2.33. The quantitative estimate of drug-likeness (QED) is 0.411. The maximum absolute atomic E-state index is 13.5. The van der Waals surface area contributed by atoms with Crippen LogP contribution in [0.15, 0.2) is 27.9 Å². The van der Waals surface area contributed by atoms with Crippen molar-refractivity contribution in [1.29, 1.82) is 0 Å². The highest BCUT2D eigenvalue weighted by Crippen LogP contribution is 2.32. The minimum absolute atomic E-state index is 0.0434. The van der Waals surface area contributed by atoms with Crippen molar-refractivity contribution in [3.63, 3.8) is 0 Å². The van der Waals surface area contributed by atoms with E-state index in [1.807, 2.05) is 18.7 Å². The second kappa shape index (κ2) is 11.1. The maximum atomic E-state index is 13.5. The van der Waals surface area contributed by atoms with Crippen LogP contribution in [0.2, 0.25) is 0 Å². The molecule has 1 aliphatic heterocycles. The number of nitrogens with zero attached hydrogens (tertiary/aromatic N) is 5. The van der Waals surface area contributed by atoms with Crippen LogP contribution in [-0.4, -0.2) is 88.4 Å². The first-order chi connectivity index (χ1) is 17.3. The molecule has 12 heteroatoms. The number of benzene rings is 1. The fourth-order valence-corrected chi connectivity index (χ4v) is 5.91. The number of ether oxygens (including phenoxy) is 1. The Kier molecular flexibility index (Phi) is 8.08. The molecule has 0 bridgehead atoms. The second-order valence-electron chi connectivity index (χ2n) is 8.91. The zero-order chi connectivity index (χ0) is 25.9. The van der Waals surface area contributed by atoms with Crippen LogP contribution in [0.5, 0.6) is 5.75 Å². The number of hydrogen-bond acceptors (Lipinski definition) is 8. The lowest BCUT2D eigenvalue weighted by Crippen LogP contribution is -2.49. The zero-order valence-corrected chi connectivity index (χ0v) is 21.8. The predicted octanol–water partition coefficient (Wildman–Crippen LogP) is 1.36. The average Bonchev–Trinajstić information content (AvgIpc) is 3.18. The number of piperazine rings is 1. The van der Waals surface area contributed by atoms with Gasteiger partial charge in [0.2, 0.25) is 10.0 Å². The number of nitrogens with one attached hydrogen (secondary N) is 1. The van der Waals surface area contributed by atoms with Crippen LogP contribution in [0, 0.1) is 0 Å². The van der Waals surface area contributed by atoms with Crippen molar-refractivity contribution in [3.05, 3.63) is 34.2 Å². The van der Waals surface area contributed by atoms with Crippen molar-refractivity contribution in [2.75, 3.05) is 45.9 Å². The lowest BCUT2D eigenvalue weighted by molar-refractivity contribution is 0.151. The summed E-state index contributed by atoms with van der Waals surface area (Å²) in [6.07, 6.45) is 2.28. The topological polar surface area (TPSA) is 134 Å². The molecular weight excluding hydrogens is 484 g/mol. The van der Waals surface area contributed by atoms with E-state index in [1.165, 1.54) is 21.1 Å². The zero-order valence-electron chi connectivity index (χ0n) is 21.0. The third-order valence-corrected chi connectivity index (χ3v) is 8.20. The molecule has 36 heavy (non-hydrogen) atoms. The van der Waals surface area contributed by atoms with E-state index in [-0.39, 0.29) is 22.9 Å². The fraction of sp³-hybridized carbons (Fsp3) is 0.542. The molecule has 0 radical (unpaired) electrons. The van der Waals surface area contributed by atoms with Gasteiger partial charge >= 0.3 is 0 Å². The van der Waals surface area contributed by atoms with E-state index >= 15 is 0 Å². The van der Waals surface area contributed by atoms with E-state index in [0.717, 1.165) is 18.5 Å². The van der Waals surface area contributed by atoms with E-state index in [1.54, 1.807) is 13.1 Å². The van der Waals surface area contributed by atoms with Gasteiger partial charge in [-0.3, -0.25) is 14.4 Å². The summed E-state index contributed by atoms with van der Waals surface area (Å²) < 4.78 is 35.9. The first-order valence-electron chi connectivity index (χ1n) is 12.4. The standard InChI is InChI=1S/C24H34N6O5S/c1-4-6-19-21-22(28(3)27-19)24(32)26-23(25-21)18-16-17(7-8-20(18)35-15-5-2)36(33,34)30-11-9-29(10-12-30)13-14-31/h7-8,16,31H,4-6,9-15H2,1-3H3,(H,25,26,32). The maximum Gasteiger partial charge on any atom is 0.277 e. The molecule has 3 aromatic rings. The monoisotopic (exact) mass is 518 g/mol. The Labute approximate surface area is 210 Å². The van der Waals surface area contributed by atoms with Crippen LogP contribution in [-0.2, 0) is 23.5 Å². The van der Waals surface area contributed by atoms with Crippen LogP contribution >= 0.6 is 0 Å². The highest BCUT2D eigenvalue weighted by molar-refractivity contribution is 7.89. The SMILES string of the molecule is CCCOc1ccc(S(=O)(=O)N2CCN(CCO)CC2)cc1-c1nc2c(CCC)nn(C)c2c(=O)[nH]1. The molecule has 0 amide bonds. The van der Waals surface area contributed by atoms with Gasteiger partial charge in [0.15, 0.2) is 5.52 Å². The first-order valence-corrected chi connectivity index (χ1v) is 13.8. The Balaban J connectivity index is 1.78. The molecule has 0 saturated carbocycles. The molecular formula is C24H34N6O5S. The van der Waals surface area contributed by atoms with Crippen LogP contribution < -0.4 is 10.3 Å². The van der Waals surface area contributed by atoms with Gasteiger partial charge in [-0.1, -0.05) is 20.3 Å². The number of aliphatic hydroxyl groups is 1. The molecule has 0 aliphatic carbocycles. The Bertz CT molecular complexity index is 1380. The third kappa shape index (κ3) is 5.17. The van der Waals surface area contributed by atoms with Gasteiger partial charge in [0.25, 0.3) is 5.56 Å². The summed E-state index contributed by atoms with van der Waals surface area (Å²) in [5, 5.41) is 13.6. The van der Waals surface area contributed by atoms with Gasteiger partial charge in [0.05, 0.1) is 29.4 Å². The number of H-pyrrole nitrogens is 1. The van der Waals surface area contributed by atoms with E-state index in [9.17, 15) is 13.2 Å². The average molecular weight is 519 g/mol. The van der Waals surface area contributed by atoms with Crippen molar-refractivity contribution >= 4 is 21.1 Å². The van der Waals surface area contributed by atoms with Gasteiger partial charge in [-0.25, -0.2) is 13.4 Å². The summed E-state index contributed by atoms with van der Waals surface area (Å²) in [5.41, 5.74) is 1.68. The van der Waals surface area contributed by atoms with Crippen LogP contribution in [0.4, 0.5) is 0 Å². The summed E-state index contributed by atoms with van der Waals surface area (Å²) in [6.45, 7) is 6.79. The number of aromatic amines is 1. The summed E-state index contributed by atoms with van der Waals surface area (Å²) in [6, 6.07) is 4.69. The van der Waals surface area contributed by atoms with Crippen molar-refractivity contribution in [3.8, 4) is 17.1 Å². The molecule has 2 aromatic heterocycles. The van der Waals surface area contributed by atoms with E-state index < -0.39 is 10.0 Å². The highest BCUT2D eigenvalue weighted by Gasteiger charge is 2.29. The number of fused-ring (bicyclic) bond motifs is 1. The van der Waals surface area contributed by atoms with Crippen molar-refractivity contribution in [2.45, 2.75) is 38.0 Å². The minimum atomic E-state index is -3.78. The smallest absolute Gasteiger partial charge is 0.277 e. The molecule has 11 nitrogen and oxygen atoms in total. The van der Waals surface area contributed by atoms with Gasteiger partial charge < -0.3 is 14.8 Å². The fourth-order valence-electron chi connectivity index (χ4n) is 4.46. The van der Waals surface area contributed by atoms with Crippen molar-refractivity contribution in [2.24, 2.45) is 7.05 Å². The normalized spacial score (nSPS) is 15.6. The molecule has 1 aromatic carbocycles. The van der Waals surface area contributed by atoms with Crippen LogP contribution in [0.3, 0.4) is 0 Å². The number of rotatable bonds is 10. The number of sulfonamides is 1. The van der Waals surface area contributed by atoms with Crippen molar-refractivity contribution < 1.29 is 18.3 Å². The molecule has 0 unspecified atom stereocenters. The Morgan fingerprint density at radius 2 is 1.89 bits per heavy atom. The van der Waals surface area contributed by atoms with Crippen LogP contribution in [0.1, 0.15) is 32.4 Å². The van der Waals surface area contributed by atoms with Gasteiger partial charge in [-0.15, -0.1) is 0 Å². The number of aromatic nitrogens is 4. The number of aliphatic hydroxyl groups excluding tert-OH is 1. The number of hydrogen-bond donors (Lipinski definition) is 2. The van der Waals surface area contributed by atoms with Gasteiger partial charge in [-0.2, -0.15) is 9.40 Å². The highest BCUT2D eigenvalue weighted by atomic mass is 32.2. The number of aryl methyl sites for hydroxylation is 2. The summed E-state index contributed by atoms with van der Waals surface area (Å²) >= 11 is 0. The Morgan fingerprint density at radius 3 is 2.56 bits per heavy atom. The van der Waals surface area contributed by atoms with Gasteiger partial charge in [-0.05, 0) is 31.0 Å². The molecule has 196 valence electrons. The second-order valence-corrected chi connectivity index (χ2v) is 10.8. The molecule has 0 spiro atoms. The van der Waals surface area contributed by atoms with Crippen molar-refractivity contribution in [1.82, 2.24) is 29.0 Å². The van der Waals surface area contributed by atoms with E-state index in [0.29, 0.717) is 68.1 Å². The molecule has 1 saturated heterocycles. The summed E-state index contributed by atoms with van der Waals surface area (Å²) in [4.78, 5) is 22.7. The van der Waals surface area contributed by atoms with Crippen LogP contribution in [0.25, 0.3) is 22.4 Å². The summed E-state index contributed by atoms with van der Waals surface area (Å²) in [7, 11) is -2.07. The minimum Gasteiger partial charge on any atom is -0.493 e. The molecule has 2 N–H and O–H groups in total. The molecule has 4 rings (SSSR count). The molecule has 1 fully saturated rings. The van der Waals surface area contributed by atoms with E-state index in [2.05, 4.69) is 10.1 Å². The number of β-amino-alcohol motifs (C(OH)–C–C–N with tert-alkyl or cyclic N) is 1. The van der Waals surface area contributed by atoms with E-state index in [4.69, 9.17) is 14.8 Å². The largest absolute Gasteiger partial charge is 0.493 e. The Hall–Kier alpha value is -2.80. The van der Waals surface area contributed by atoms with Gasteiger partial charge in [0.1, 0.15) is 17.1 Å². The third-order valence-electron chi connectivity index (χ3n) is 6.30. The first kappa shape index (κ1) is 26.3. The Morgan fingerprint density at radius 1 is 1.14 bits per heavy atom. The molecule has 3 heterocycles. The summed E-state index contributed by atoms with van der Waals surface area (Å²) in [5.74, 6) is 0.695.